The van der Waals surface area contributed by atoms with E-state index in [9.17, 15) is 4.79 Å². The number of nitrogens with one attached hydrogen (secondary N) is 1. The highest BCUT2D eigenvalue weighted by Crippen LogP contribution is 2.30. The van der Waals surface area contributed by atoms with Crippen molar-refractivity contribution >= 4 is 29.7 Å². The summed E-state index contributed by atoms with van der Waals surface area (Å²) in [6.07, 6.45) is 1.92. The first-order valence-corrected chi connectivity index (χ1v) is 10.0. The normalized spacial score (nSPS) is 14.5. The number of carbonyl (C=O) groups excluding carboxylic acids is 1. The maximum Gasteiger partial charge on any atom is 0.243 e. The first kappa shape index (κ1) is 23.4. The summed E-state index contributed by atoms with van der Waals surface area (Å²) in [5.74, 6) is 0.0519. The summed E-state index contributed by atoms with van der Waals surface area (Å²) in [6.45, 7) is 9.00. The molecule has 6 heteroatoms. The summed E-state index contributed by atoms with van der Waals surface area (Å²) < 4.78 is 0. The van der Waals surface area contributed by atoms with Gasteiger partial charge in [0.05, 0.1) is 22.9 Å². The van der Waals surface area contributed by atoms with Crippen molar-refractivity contribution in [3.05, 3.63) is 64.7 Å². The lowest BCUT2D eigenvalue weighted by atomic mass is 9.93. The van der Waals surface area contributed by atoms with Crippen LogP contribution in [0.3, 0.4) is 0 Å². The number of anilines is 1. The number of hydrogen-bond acceptors (Lipinski definition) is 4. The molecule has 0 fully saturated rings. The Labute approximate surface area is 185 Å². The van der Waals surface area contributed by atoms with Crippen molar-refractivity contribution in [1.29, 1.82) is 5.26 Å². The van der Waals surface area contributed by atoms with Crippen LogP contribution < -0.4 is 5.32 Å². The van der Waals surface area contributed by atoms with Gasteiger partial charge < -0.3 is 5.32 Å². The van der Waals surface area contributed by atoms with Crippen LogP contribution >= 0.6 is 12.4 Å². The number of aryl methyl sites for hydroxylation is 2. The minimum atomic E-state index is -0.315. The quantitative estimate of drug-likeness (QED) is 0.647. The molecule has 1 N–H and O–H groups in total. The SMILES string of the molecule is Cc1cc(C)cc(C2=NN(C(=O)CCCNc3ccc(C#N)cc3)C(C)(C)C2)c1.Cl. The zero-order valence-electron chi connectivity index (χ0n) is 18.0. The molecule has 0 atom stereocenters. The van der Waals surface area contributed by atoms with Crippen LogP contribution in [0.1, 0.15) is 55.4 Å². The largest absolute Gasteiger partial charge is 0.385 e. The van der Waals surface area contributed by atoms with E-state index in [1.165, 1.54) is 11.1 Å². The van der Waals surface area contributed by atoms with Gasteiger partial charge >= 0.3 is 0 Å². The number of rotatable bonds is 6. The maximum absolute atomic E-state index is 12.8. The molecule has 0 unspecified atom stereocenters. The van der Waals surface area contributed by atoms with Crippen LogP contribution in [0.25, 0.3) is 0 Å². The standard InChI is InChI=1S/C24H28N4O.ClH/c1-17-12-18(2)14-20(13-17)22-15-24(3,4)28(27-22)23(29)6-5-11-26-21-9-7-19(16-25)8-10-21;/h7-10,12-14,26H,5-6,11,15H2,1-4H3;1H. The fourth-order valence-corrected chi connectivity index (χ4v) is 3.71. The molecule has 0 radical (unpaired) electrons. The molecule has 2 aromatic rings. The summed E-state index contributed by atoms with van der Waals surface area (Å²) in [4.78, 5) is 12.8. The Morgan fingerprint density at radius 1 is 1.17 bits per heavy atom. The lowest BCUT2D eigenvalue weighted by molar-refractivity contribution is -0.135. The minimum absolute atomic E-state index is 0. The lowest BCUT2D eigenvalue weighted by Gasteiger charge is -2.28. The van der Waals surface area contributed by atoms with Crippen molar-refractivity contribution in [2.24, 2.45) is 5.10 Å². The van der Waals surface area contributed by atoms with E-state index in [2.05, 4.69) is 57.3 Å². The first-order chi connectivity index (χ1) is 13.8. The Hall–Kier alpha value is -2.84. The number of amides is 1. The zero-order valence-corrected chi connectivity index (χ0v) is 18.8. The number of benzene rings is 2. The van der Waals surface area contributed by atoms with E-state index in [0.29, 0.717) is 18.5 Å². The number of hydrogen-bond donors (Lipinski definition) is 1. The summed E-state index contributed by atoms with van der Waals surface area (Å²) in [5, 5.41) is 18.5. The van der Waals surface area contributed by atoms with Gasteiger partial charge in [-0.15, -0.1) is 12.4 Å². The van der Waals surface area contributed by atoms with E-state index in [4.69, 9.17) is 10.4 Å². The second-order valence-corrected chi connectivity index (χ2v) is 8.34. The summed E-state index contributed by atoms with van der Waals surface area (Å²) >= 11 is 0. The van der Waals surface area contributed by atoms with E-state index in [1.54, 1.807) is 17.1 Å². The average Bonchev–Trinajstić information content (AvgIpc) is 3.00. The molecular formula is C24H29ClN4O. The molecule has 158 valence electrons. The zero-order chi connectivity index (χ0) is 21.0. The molecule has 0 saturated heterocycles. The van der Waals surface area contributed by atoms with Crippen LogP contribution in [-0.2, 0) is 4.79 Å². The second kappa shape index (κ2) is 9.77. The Morgan fingerprint density at radius 3 is 2.40 bits per heavy atom. The Morgan fingerprint density at radius 2 is 1.80 bits per heavy atom. The fraction of sp³-hybridized carbons (Fsp3) is 0.375. The van der Waals surface area contributed by atoms with Crippen LogP contribution in [0.15, 0.2) is 47.6 Å². The maximum atomic E-state index is 12.8. The van der Waals surface area contributed by atoms with Crippen LogP contribution in [-0.4, -0.2) is 28.7 Å². The molecular weight excluding hydrogens is 396 g/mol. The van der Waals surface area contributed by atoms with E-state index in [1.807, 2.05) is 12.1 Å². The average molecular weight is 425 g/mol. The fourth-order valence-electron chi connectivity index (χ4n) is 3.71. The van der Waals surface area contributed by atoms with Crippen LogP contribution in [0, 0.1) is 25.2 Å². The van der Waals surface area contributed by atoms with Crippen molar-refractivity contribution in [2.45, 2.75) is 52.5 Å². The molecule has 30 heavy (non-hydrogen) atoms. The molecule has 0 aromatic heterocycles. The topological polar surface area (TPSA) is 68.5 Å². The molecule has 1 aliphatic heterocycles. The molecule has 0 spiro atoms. The Balaban J connectivity index is 0.00000320. The van der Waals surface area contributed by atoms with Crippen LogP contribution in [0.2, 0.25) is 0 Å². The second-order valence-electron chi connectivity index (χ2n) is 8.34. The van der Waals surface area contributed by atoms with Crippen molar-refractivity contribution in [2.75, 3.05) is 11.9 Å². The molecule has 5 nitrogen and oxygen atoms in total. The van der Waals surface area contributed by atoms with Gasteiger partial charge in [-0.3, -0.25) is 4.79 Å². The van der Waals surface area contributed by atoms with Crippen molar-refractivity contribution in [1.82, 2.24) is 5.01 Å². The van der Waals surface area contributed by atoms with E-state index < -0.39 is 0 Å². The predicted octanol–water partition coefficient (Wildman–Crippen LogP) is 5.20. The van der Waals surface area contributed by atoms with Gasteiger partial charge in [-0.2, -0.15) is 10.4 Å². The third kappa shape index (κ3) is 5.61. The van der Waals surface area contributed by atoms with Crippen molar-refractivity contribution in [3.63, 3.8) is 0 Å². The van der Waals surface area contributed by atoms with Gasteiger partial charge in [0, 0.05) is 25.1 Å². The van der Waals surface area contributed by atoms with Gasteiger partial charge in [0.25, 0.3) is 0 Å². The number of halogens is 1. The summed E-state index contributed by atoms with van der Waals surface area (Å²) in [6, 6.07) is 15.8. The van der Waals surface area contributed by atoms with Gasteiger partial charge in [-0.1, -0.05) is 29.3 Å². The van der Waals surface area contributed by atoms with Gasteiger partial charge in [0.15, 0.2) is 0 Å². The van der Waals surface area contributed by atoms with Gasteiger partial charge in [-0.25, -0.2) is 5.01 Å². The molecule has 1 heterocycles. The summed E-state index contributed by atoms with van der Waals surface area (Å²) in [7, 11) is 0. The molecule has 0 saturated carbocycles. The van der Waals surface area contributed by atoms with E-state index in [0.717, 1.165) is 29.8 Å². The number of carbonyl (C=O) groups is 1. The van der Waals surface area contributed by atoms with Crippen molar-refractivity contribution in [3.8, 4) is 6.07 Å². The Bertz CT molecular complexity index is 953. The third-order valence-electron chi connectivity index (χ3n) is 5.10. The highest BCUT2D eigenvalue weighted by atomic mass is 35.5. The van der Waals surface area contributed by atoms with Gasteiger partial charge in [0.1, 0.15) is 0 Å². The molecule has 1 amide bonds. The molecule has 0 bridgehead atoms. The number of nitrogens with zero attached hydrogens (tertiary/aromatic N) is 3. The minimum Gasteiger partial charge on any atom is -0.385 e. The van der Waals surface area contributed by atoms with E-state index in [-0.39, 0.29) is 23.9 Å². The number of nitriles is 1. The molecule has 2 aromatic carbocycles. The highest BCUT2D eigenvalue weighted by Gasteiger charge is 2.38. The highest BCUT2D eigenvalue weighted by molar-refractivity contribution is 6.03. The lowest BCUT2D eigenvalue weighted by Crippen LogP contribution is -2.40. The van der Waals surface area contributed by atoms with Crippen molar-refractivity contribution < 1.29 is 4.79 Å². The first-order valence-electron chi connectivity index (χ1n) is 10.0. The predicted molar refractivity (Wildman–Crippen MR) is 124 cm³/mol. The third-order valence-corrected chi connectivity index (χ3v) is 5.10. The van der Waals surface area contributed by atoms with Crippen LogP contribution in [0.4, 0.5) is 5.69 Å². The van der Waals surface area contributed by atoms with Crippen LogP contribution in [0.5, 0.6) is 0 Å². The summed E-state index contributed by atoms with van der Waals surface area (Å²) in [5.41, 5.74) is 5.77. The number of hydrazone groups is 1. The molecule has 3 rings (SSSR count). The molecule has 0 aliphatic carbocycles. The van der Waals surface area contributed by atoms with E-state index >= 15 is 0 Å². The smallest absolute Gasteiger partial charge is 0.243 e. The Kier molecular flexibility index (Phi) is 7.64. The monoisotopic (exact) mass is 424 g/mol. The molecule has 1 aliphatic rings. The van der Waals surface area contributed by atoms with Gasteiger partial charge in [-0.05, 0) is 63.9 Å². The van der Waals surface area contributed by atoms with Gasteiger partial charge in [0.2, 0.25) is 5.91 Å².